The number of morpholine rings is 1. The molecule has 6 nitrogen and oxygen atoms in total. The minimum atomic E-state index is -0.251. The molecule has 0 bridgehead atoms. The van der Waals surface area contributed by atoms with E-state index >= 15 is 0 Å². The van der Waals surface area contributed by atoms with Gasteiger partial charge in [0.05, 0.1) is 13.2 Å². The summed E-state index contributed by atoms with van der Waals surface area (Å²) in [7, 11) is 1.57. The van der Waals surface area contributed by atoms with Gasteiger partial charge in [-0.15, -0.1) is 0 Å². The topological polar surface area (TPSA) is 66.5 Å². The van der Waals surface area contributed by atoms with E-state index in [9.17, 15) is 4.79 Å². The number of hydrogen-bond donors (Lipinski definition) is 2. The summed E-state index contributed by atoms with van der Waals surface area (Å²) >= 11 is 0. The van der Waals surface area contributed by atoms with E-state index in [0.29, 0.717) is 17.8 Å². The molecule has 27 heavy (non-hydrogen) atoms. The van der Waals surface area contributed by atoms with Crippen molar-refractivity contribution in [2.75, 3.05) is 38.7 Å². The fraction of sp³-hybridized carbons (Fsp3) is 0.700. The molecule has 1 aliphatic heterocycles. The number of aromatic nitrogens is 1. The predicted octanol–water partition coefficient (Wildman–Crippen LogP) is 4.59. The van der Waals surface area contributed by atoms with Crippen LogP contribution in [0.4, 0.5) is 10.6 Å². The monoisotopic (exact) mass is 459 g/mol. The summed E-state index contributed by atoms with van der Waals surface area (Å²) in [5, 5.41) is 5.10. The summed E-state index contributed by atoms with van der Waals surface area (Å²) in [6, 6.07) is 6.03. The standard InChI is InChI=1S/C10H15N3O.C7H15NO.3CH4.Y/c1-7(2)8-5-4-6-9(12-8)13-10(14)11-3;1-7(2)8-3-5-9-6-4-8;;;;/h4-7H,1-3H3,(H2,11,12,13,14);7H,3-6H2,1-2H3;3*1H4;. The average Bonchev–Trinajstić information content (AvgIpc) is 2.56. The van der Waals surface area contributed by atoms with Crippen LogP contribution >= 0.6 is 0 Å². The Morgan fingerprint density at radius 1 is 1.11 bits per heavy atom. The zero-order chi connectivity index (χ0) is 17.2. The summed E-state index contributed by atoms with van der Waals surface area (Å²) in [5.41, 5.74) is 0.971. The van der Waals surface area contributed by atoms with Crippen LogP contribution in [0.25, 0.3) is 0 Å². The molecular formula is C20H42N4O2Y. The van der Waals surface area contributed by atoms with Crippen molar-refractivity contribution in [3.05, 3.63) is 23.9 Å². The van der Waals surface area contributed by atoms with Crippen molar-refractivity contribution >= 4 is 11.8 Å². The molecule has 1 aromatic heterocycles. The van der Waals surface area contributed by atoms with Crippen LogP contribution in [0.5, 0.6) is 0 Å². The van der Waals surface area contributed by atoms with E-state index in [-0.39, 0.29) is 61.0 Å². The second kappa shape index (κ2) is 18.8. The molecule has 7 heteroatoms. The van der Waals surface area contributed by atoms with E-state index in [1.165, 1.54) is 0 Å². The number of urea groups is 1. The van der Waals surface area contributed by atoms with Crippen LogP contribution in [0.3, 0.4) is 0 Å². The third-order valence-electron chi connectivity index (χ3n) is 3.61. The molecule has 2 N–H and O–H groups in total. The minimum absolute atomic E-state index is 0. The smallest absolute Gasteiger partial charge is 0.320 e. The summed E-state index contributed by atoms with van der Waals surface area (Å²) in [6.07, 6.45) is 0. The number of nitrogens with zero attached hydrogens (tertiary/aromatic N) is 2. The molecule has 2 rings (SSSR count). The molecule has 0 aliphatic carbocycles. The Morgan fingerprint density at radius 2 is 1.67 bits per heavy atom. The van der Waals surface area contributed by atoms with Crippen LogP contribution in [0.1, 0.15) is 61.6 Å². The van der Waals surface area contributed by atoms with Gasteiger partial charge >= 0.3 is 6.03 Å². The number of carbonyl (C=O) groups is 1. The number of pyridine rings is 1. The molecule has 1 radical (unpaired) electrons. The van der Waals surface area contributed by atoms with Crippen molar-refractivity contribution in [2.24, 2.45) is 0 Å². The van der Waals surface area contributed by atoms with E-state index in [2.05, 4.69) is 48.2 Å². The van der Waals surface area contributed by atoms with Gasteiger partial charge in [0.1, 0.15) is 5.82 Å². The predicted molar refractivity (Wildman–Crippen MR) is 114 cm³/mol. The number of hydrogen-bond acceptors (Lipinski definition) is 4. The number of anilines is 1. The van der Waals surface area contributed by atoms with Gasteiger partial charge in [-0.1, -0.05) is 42.2 Å². The Bertz CT molecular complexity index is 479. The SMILES string of the molecule is C.C.C.CC(C)N1CCOCC1.CNC(=O)Nc1cccc(C(C)C)n1.[Y]. The fourth-order valence-corrected chi connectivity index (χ4v) is 2.12. The second-order valence-electron chi connectivity index (χ2n) is 6.05. The number of nitrogens with one attached hydrogen (secondary N) is 2. The third kappa shape index (κ3) is 14.1. The molecule has 1 aromatic rings. The van der Waals surface area contributed by atoms with E-state index in [4.69, 9.17) is 4.74 Å². The number of amides is 2. The van der Waals surface area contributed by atoms with Crippen molar-refractivity contribution in [1.29, 1.82) is 0 Å². The van der Waals surface area contributed by atoms with Crippen LogP contribution in [-0.2, 0) is 37.4 Å². The molecular weight excluding hydrogens is 417 g/mol. The van der Waals surface area contributed by atoms with Gasteiger partial charge in [-0.2, -0.15) is 0 Å². The fourth-order valence-electron chi connectivity index (χ4n) is 2.12. The number of carbonyl (C=O) groups excluding carboxylic acids is 1. The maximum Gasteiger partial charge on any atom is 0.320 e. The Labute approximate surface area is 193 Å². The maximum atomic E-state index is 11.0. The first-order chi connectivity index (χ1) is 10.9. The van der Waals surface area contributed by atoms with E-state index < -0.39 is 0 Å². The van der Waals surface area contributed by atoms with E-state index in [1.807, 2.05) is 12.1 Å². The van der Waals surface area contributed by atoms with E-state index in [1.54, 1.807) is 13.1 Å². The first kappa shape index (κ1) is 34.0. The molecule has 0 spiro atoms. The van der Waals surface area contributed by atoms with Crippen LogP contribution < -0.4 is 10.6 Å². The van der Waals surface area contributed by atoms with Crippen molar-refractivity contribution in [2.45, 2.75) is 61.9 Å². The maximum absolute atomic E-state index is 11.0. The van der Waals surface area contributed by atoms with Crippen molar-refractivity contribution in [1.82, 2.24) is 15.2 Å². The minimum Gasteiger partial charge on any atom is -0.379 e. The summed E-state index contributed by atoms with van der Waals surface area (Å²) < 4.78 is 5.21. The Hall–Kier alpha value is -0.556. The molecule has 0 unspecified atom stereocenters. The molecule has 1 saturated heterocycles. The third-order valence-corrected chi connectivity index (χ3v) is 3.61. The first-order valence-electron chi connectivity index (χ1n) is 8.21. The number of ether oxygens (including phenoxy) is 1. The van der Waals surface area contributed by atoms with Crippen molar-refractivity contribution in [3.8, 4) is 0 Å². The molecule has 1 aliphatic rings. The largest absolute Gasteiger partial charge is 0.379 e. The van der Waals surface area contributed by atoms with Crippen molar-refractivity contribution < 1.29 is 42.2 Å². The van der Waals surface area contributed by atoms with Gasteiger partial charge in [0.15, 0.2) is 0 Å². The zero-order valence-electron chi connectivity index (χ0n) is 15.5. The van der Waals surface area contributed by atoms with E-state index in [0.717, 1.165) is 32.0 Å². The molecule has 2 amide bonds. The molecule has 2 heterocycles. The van der Waals surface area contributed by atoms with Crippen molar-refractivity contribution in [3.63, 3.8) is 0 Å². The normalized spacial score (nSPS) is 12.9. The van der Waals surface area contributed by atoms with Crippen LogP contribution in [0.2, 0.25) is 0 Å². The zero-order valence-corrected chi connectivity index (χ0v) is 18.3. The Balaban J connectivity index is -0.000000181. The van der Waals surface area contributed by atoms with Gasteiger partial charge in [0, 0.05) is 64.6 Å². The van der Waals surface area contributed by atoms with Gasteiger partial charge in [0.2, 0.25) is 0 Å². The summed E-state index contributed by atoms with van der Waals surface area (Å²) in [6.45, 7) is 12.6. The van der Waals surface area contributed by atoms with Crippen LogP contribution in [-0.4, -0.2) is 55.3 Å². The van der Waals surface area contributed by atoms with Gasteiger partial charge in [-0.05, 0) is 31.9 Å². The summed E-state index contributed by atoms with van der Waals surface area (Å²) in [5.74, 6) is 0.942. The van der Waals surface area contributed by atoms with Crippen LogP contribution in [0, 0.1) is 0 Å². The quantitative estimate of drug-likeness (QED) is 0.694. The van der Waals surface area contributed by atoms with Gasteiger partial charge < -0.3 is 10.1 Å². The molecule has 0 saturated carbocycles. The Morgan fingerprint density at radius 3 is 2.07 bits per heavy atom. The molecule has 1 fully saturated rings. The van der Waals surface area contributed by atoms with Gasteiger partial charge in [-0.3, -0.25) is 10.2 Å². The Kier molecular flexibility index (Phi) is 23.7. The van der Waals surface area contributed by atoms with Gasteiger partial charge in [-0.25, -0.2) is 9.78 Å². The number of rotatable bonds is 3. The van der Waals surface area contributed by atoms with Gasteiger partial charge in [0.25, 0.3) is 0 Å². The summed E-state index contributed by atoms with van der Waals surface area (Å²) in [4.78, 5) is 17.7. The molecule has 0 aromatic carbocycles. The van der Waals surface area contributed by atoms with Crippen LogP contribution in [0.15, 0.2) is 18.2 Å². The molecule has 0 atom stereocenters. The first-order valence-corrected chi connectivity index (χ1v) is 8.21. The average molecular weight is 459 g/mol. The second-order valence-corrected chi connectivity index (χ2v) is 6.05. The molecule has 157 valence electrons.